The van der Waals surface area contributed by atoms with E-state index in [1.54, 1.807) is 50.2 Å². The second-order valence-electron chi connectivity index (χ2n) is 6.99. The van der Waals surface area contributed by atoms with E-state index in [9.17, 15) is 28.2 Å². The number of hydrogen-bond donors (Lipinski definition) is 4. The lowest BCUT2D eigenvalue weighted by molar-refractivity contribution is -0.154. The molecule has 0 spiro atoms. The first-order valence-electron chi connectivity index (χ1n) is 9.43. The van der Waals surface area contributed by atoms with Gasteiger partial charge in [0.05, 0.1) is 11.8 Å². The molecular weight excluding hydrogens is 442 g/mol. The minimum Gasteiger partial charge on any atom is -0.504 e. The van der Waals surface area contributed by atoms with Crippen molar-refractivity contribution >= 4 is 22.1 Å². The van der Waals surface area contributed by atoms with Crippen LogP contribution in [0.3, 0.4) is 0 Å². The largest absolute Gasteiger partial charge is 0.504 e. The number of nitrogens with two attached hydrogens (primary N) is 1. The van der Waals surface area contributed by atoms with E-state index in [4.69, 9.17) is 19.8 Å². The van der Waals surface area contributed by atoms with Crippen LogP contribution in [0, 0.1) is 0 Å². The van der Waals surface area contributed by atoms with E-state index in [2.05, 4.69) is 0 Å². The van der Waals surface area contributed by atoms with Gasteiger partial charge in [-0.25, -0.2) is 4.79 Å². The highest BCUT2D eigenvalue weighted by atomic mass is 32.2. The molecule has 0 aliphatic rings. The highest BCUT2D eigenvalue weighted by molar-refractivity contribution is 7.85. The zero-order valence-electron chi connectivity index (χ0n) is 17.8. The number of ether oxygens (including phenoxy) is 2. The number of esters is 2. The first-order chi connectivity index (χ1) is 14.8. The average molecular weight is 470 g/mol. The van der Waals surface area contributed by atoms with Crippen LogP contribution in [0.15, 0.2) is 48.5 Å². The van der Waals surface area contributed by atoms with Crippen molar-refractivity contribution < 1.29 is 42.2 Å². The Morgan fingerprint density at radius 1 is 0.969 bits per heavy atom. The van der Waals surface area contributed by atoms with Crippen LogP contribution in [0.5, 0.6) is 11.5 Å². The van der Waals surface area contributed by atoms with Crippen LogP contribution in [-0.4, -0.2) is 59.6 Å². The molecule has 176 valence electrons. The van der Waals surface area contributed by atoms with Gasteiger partial charge >= 0.3 is 11.9 Å². The van der Waals surface area contributed by atoms with Gasteiger partial charge in [-0.05, 0) is 50.1 Å². The Kier molecular flexibility index (Phi) is 10.1. The molecule has 0 saturated heterocycles. The summed E-state index contributed by atoms with van der Waals surface area (Å²) in [6, 6.07) is 11.7. The third kappa shape index (κ3) is 10.2. The van der Waals surface area contributed by atoms with Gasteiger partial charge in [-0.3, -0.25) is 9.35 Å². The molecular formula is C21H27NO9S. The van der Waals surface area contributed by atoms with Gasteiger partial charge in [-0.2, -0.15) is 8.42 Å². The molecule has 0 aliphatic heterocycles. The van der Waals surface area contributed by atoms with Gasteiger partial charge in [0.1, 0.15) is 18.2 Å². The highest BCUT2D eigenvalue weighted by Crippen LogP contribution is 2.25. The van der Waals surface area contributed by atoms with E-state index in [0.29, 0.717) is 17.4 Å². The lowest BCUT2D eigenvalue weighted by Gasteiger charge is -2.22. The predicted molar refractivity (Wildman–Crippen MR) is 116 cm³/mol. The number of benzene rings is 2. The summed E-state index contributed by atoms with van der Waals surface area (Å²) in [6.07, 6.45) is -0.513. The second kappa shape index (κ2) is 12.0. The zero-order chi connectivity index (χ0) is 24.5. The summed E-state index contributed by atoms with van der Waals surface area (Å²) in [4.78, 5) is 24.2. The maximum absolute atomic E-state index is 12.2. The summed E-state index contributed by atoms with van der Waals surface area (Å²) >= 11 is 0. The summed E-state index contributed by atoms with van der Waals surface area (Å²) in [5, 5.41) is 18.8. The molecule has 0 aliphatic carbocycles. The van der Waals surface area contributed by atoms with Crippen LogP contribution in [0.2, 0.25) is 0 Å². The third-order valence-electron chi connectivity index (χ3n) is 4.06. The fourth-order valence-corrected chi connectivity index (χ4v) is 2.31. The van der Waals surface area contributed by atoms with Crippen molar-refractivity contribution in [3.63, 3.8) is 0 Å². The van der Waals surface area contributed by atoms with Crippen molar-refractivity contribution in [1.29, 1.82) is 0 Å². The summed E-state index contributed by atoms with van der Waals surface area (Å²) in [7, 11) is -3.67. The van der Waals surface area contributed by atoms with Crippen LogP contribution < -0.4 is 5.73 Å². The summed E-state index contributed by atoms with van der Waals surface area (Å²) in [5.41, 5.74) is 6.84. The van der Waals surface area contributed by atoms with Gasteiger partial charge < -0.3 is 25.4 Å². The van der Waals surface area contributed by atoms with Crippen LogP contribution >= 0.6 is 0 Å². The zero-order valence-corrected chi connectivity index (χ0v) is 18.7. The van der Waals surface area contributed by atoms with E-state index in [1.807, 2.05) is 0 Å². The minimum absolute atomic E-state index is 0.123. The van der Waals surface area contributed by atoms with Crippen LogP contribution in [0.4, 0.5) is 0 Å². The topological polar surface area (TPSA) is 173 Å². The summed E-state index contributed by atoms with van der Waals surface area (Å²) in [6.45, 7) is 3.24. The first kappa shape index (κ1) is 26.9. The lowest BCUT2D eigenvalue weighted by atomic mass is 10.1. The van der Waals surface area contributed by atoms with Crippen molar-refractivity contribution in [2.24, 2.45) is 5.73 Å². The van der Waals surface area contributed by atoms with E-state index in [0.717, 1.165) is 0 Å². The predicted octanol–water partition coefficient (Wildman–Crippen LogP) is 1.65. The quantitative estimate of drug-likeness (QED) is 0.265. The van der Waals surface area contributed by atoms with Gasteiger partial charge in [-0.15, -0.1) is 0 Å². The SMILES string of the molecule is CS(=O)(=O)O.C[C@@H](OC(=O)c1ccccc1)[C@@H](C)OC(=O)[C@@H](N)Cc1ccc(O)c(O)c1. The number of phenolic OH excluding ortho intramolecular Hbond substituents is 2. The summed E-state index contributed by atoms with van der Waals surface area (Å²) < 4.78 is 36.5. The van der Waals surface area contributed by atoms with Gasteiger partial charge in [-0.1, -0.05) is 24.3 Å². The fraction of sp³-hybridized carbons (Fsp3) is 0.333. The van der Waals surface area contributed by atoms with E-state index in [1.165, 1.54) is 12.1 Å². The Balaban J connectivity index is 0.000000920. The van der Waals surface area contributed by atoms with Gasteiger partial charge in [0.25, 0.3) is 10.1 Å². The molecule has 0 bridgehead atoms. The fourth-order valence-electron chi connectivity index (χ4n) is 2.31. The Bertz CT molecular complexity index is 1000. The maximum Gasteiger partial charge on any atom is 0.338 e. The Labute approximate surface area is 186 Å². The van der Waals surface area contributed by atoms with Crippen molar-refractivity contribution in [2.45, 2.75) is 38.5 Å². The molecule has 3 atom stereocenters. The molecule has 2 aromatic rings. The number of phenols is 2. The molecule has 2 rings (SSSR count). The molecule has 0 heterocycles. The number of aromatic hydroxyl groups is 2. The van der Waals surface area contributed by atoms with Crippen molar-refractivity contribution in [2.75, 3.05) is 6.26 Å². The van der Waals surface area contributed by atoms with E-state index < -0.39 is 40.3 Å². The van der Waals surface area contributed by atoms with Crippen LogP contribution in [-0.2, 0) is 30.8 Å². The van der Waals surface area contributed by atoms with Crippen molar-refractivity contribution in [1.82, 2.24) is 0 Å². The normalized spacial score (nSPS) is 13.7. The molecule has 10 nitrogen and oxygen atoms in total. The Hall–Kier alpha value is -3.15. The Morgan fingerprint density at radius 3 is 2.03 bits per heavy atom. The Morgan fingerprint density at radius 2 is 1.50 bits per heavy atom. The first-order valence-corrected chi connectivity index (χ1v) is 11.3. The molecule has 0 saturated carbocycles. The molecule has 5 N–H and O–H groups in total. The van der Waals surface area contributed by atoms with Crippen LogP contribution in [0.1, 0.15) is 29.8 Å². The van der Waals surface area contributed by atoms with Crippen LogP contribution in [0.25, 0.3) is 0 Å². The standard InChI is InChI=1S/C20H23NO6.CH4O3S/c1-12(26-19(24)15-6-4-3-5-7-15)13(2)27-20(25)16(21)10-14-8-9-17(22)18(23)11-14;1-5(2,3)4/h3-9,11-13,16,22-23H,10,21H2,1-2H3;1H3,(H,2,3,4)/t12-,13-,16+;/m1./s1. The molecule has 2 aromatic carbocycles. The van der Waals surface area contributed by atoms with E-state index in [-0.39, 0.29) is 17.9 Å². The average Bonchev–Trinajstić information content (AvgIpc) is 2.70. The van der Waals surface area contributed by atoms with Gasteiger partial charge in [0.2, 0.25) is 0 Å². The van der Waals surface area contributed by atoms with Crippen molar-refractivity contribution in [3.8, 4) is 11.5 Å². The molecule has 0 fully saturated rings. The monoisotopic (exact) mass is 469 g/mol. The smallest absolute Gasteiger partial charge is 0.338 e. The second-order valence-corrected chi connectivity index (χ2v) is 8.45. The van der Waals surface area contributed by atoms with Gasteiger partial charge in [0, 0.05) is 0 Å². The molecule has 0 aromatic heterocycles. The number of carbonyl (C=O) groups is 2. The number of hydrogen-bond acceptors (Lipinski definition) is 9. The number of carbonyl (C=O) groups excluding carboxylic acids is 2. The third-order valence-corrected chi connectivity index (χ3v) is 4.06. The molecule has 0 unspecified atom stereocenters. The molecule has 32 heavy (non-hydrogen) atoms. The maximum atomic E-state index is 12.2. The van der Waals surface area contributed by atoms with E-state index >= 15 is 0 Å². The molecule has 0 amide bonds. The molecule has 11 heteroatoms. The summed E-state index contributed by atoms with van der Waals surface area (Å²) in [5.74, 6) is -1.70. The van der Waals surface area contributed by atoms with Crippen molar-refractivity contribution in [3.05, 3.63) is 59.7 Å². The van der Waals surface area contributed by atoms with Gasteiger partial charge in [0.15, 0.2) is 11.5 Å². The minimum atomic E-state index is -3.67. The molecule has 0 radical (unpaired) electrons. The highest BCUT2D eigenvalue weighted by Gasteiger charge is 2.24. The lowest BCUT2D eigenvalue weighted by Crippen LogP contribution is -2.39. The number of rotatable bonds is 7.